The number of para-hydroxylation sites is 1. The van der Waals surface area contributed by atoms with Gasteiger partial charge in [-0.3, -0.25) is 9.52 Å². The molecule has 3 aromatic carbocycles. The van der Waals surface area contributed by atoms with Gasteiger partial charge in [0.1, 0.15) is 5.75 Å². The highest BCUT2D eigenvalue weighted by atomic mass is 32.2. The van der Waals surface area contributed by atoms with Crippen molar-refractivity contribution in [1.82, 2.24) is 0 Å². The Morgan fingerprint density at radius 3 is 2.04 bits per heavy atom. The topological polar surface area (TPSA) is 84.5 Å². The van der Waals surface area contributed by atoms with Crippen molar-refractivity contribution in [3.8, 4) is 5.75 Å². The lowest BCUT2D eigenvalue weighted by Gasteiger charge is -2.10. The molecule has 0 aliphatic heterocycles. The summed E-state index contributed by atoms with van der Waals surface area (Å²) in [5.41, 5.74) is 1.47. The van der Waals surface area contributed by atoms with Gasteiger partial charge in [-0.05, 0) is 60.7 Å². The fourth-order valence-electron chi connectivity index (χ4n) is 2.38. The number of amides is 1. The van der Waals surface area contributed by atoms with Crippen molar-refractivity contribution in [1.29, 1.82) is 0 Å². The first-order valence-corrected chi connectivity index (χ1v) is 9.59. The first kappa shape index (κ1) is 18.5. The van der Waals surface area contributed by atoms with E-state index in [-0.39, 0.29) is 10.8 Å². The molecule has 6 nitrogen and oxygen atoms in total. The van der Waals surface area contributed by atoms with E-state index in [1.54, 1.807) is 48.5 Å². The van der Waals surface area contributed by atoms with Crippen molar-refractivity contribution in [2.24, 2.45) is 0 Å². The second-order valence-electron chi connectivity index (χ2n) is 5.68. The monoisotopic (exact) mass is 382 g/mol. The Morgan fingerprint density at radius 1 is 0.815 bits per heavy atom. The van der Waals surface area contributed by atoms with Crippen molar-refractivity contribution in [3.05, 3.63) is 84.4 Å². The smallest absolute Gasteiger partial charge is 0.261 e. The molecule has 0 aromatic heterocycles. The Hall–Kier alpha value is -3.32. The van der Waals surface area contributed by atoms with Crippen LogP contribution in [0.2, 0.25) is 0 Å². The van der Waals surface area contributed by atoms with E-state index in [4.69, 9.17) is 4.74 Å². The third-order valence-electron chi connectivity index (χ3n) is 3.80. The number of ether oxygens (including phenoxy) is 1. The van der Waals surface area contributed by atoms with Gasteiger partial charge in [-0.2, -0.15) is 0 Å². The lowest BCUT2D eigenvalue weighted by molar-refractivity contribution is 0.102. The van der Waals surface area contributed by atoms with E-state index in [0.717, 1.165) is 0 Å². The van der Waals surface area contributed by atoms with Crippen LogP contribution in [0.4, 0.5) is 11.4 Å². The standard InChI is InChI=1S/C20H18N2O4S/c1-26-18-11-13-19(14-12-18)27(24,25)22-17-9-7-15(8-10-17)20(23)21-16-5-3-2-4-6-16/h2-14,22H,1H3,(H,21,23). The molecule has 0 fully saturated rings. The molecule has 0 radical (unpaired) electrons. The van der Waals surface area contributed by atoms with E-state index in [0.29, 0.717) is 22.7 Å². The Morgan fingerprint density at radius 2 is 1.44 bits per heavy atom. The molecule has 0 bridgehead atoms. The number of benzene rings is 3. The highest BCUT2D eigenvalue weighted by Gasteiger charge is 2.14. The molecule has 3 rings (SSSR count). The number of sulfonamides is 1. The largest absolute Gasteiger partial charge is 0.497 e. The Balaban J connectivity index is 1.70. The van der Waals surface area contributed by atoms with Crippen LogP contribution in [0.5, 0.6) is 5.75 Å². The van der Waals surface area contributed by atoms with Crippen LogP contribution in [0, 0.1) is 0 Å². The quantitative estimate of drug-likeness (QED) is 0.680. The molecule has 0 aliphatic carbocycles. The number of anilines is 2. The number of carbonyl (C=O) groups is 1. The van der Waals surface area contributed by atoms with Gasteiger partial charge < -0.3 is 10.1 Å². The maximum atomic E-state index is 12.4. The van der Waals surface area contributed by atoms with Gasteiger partial charge in [0.15, 0.2) is 0 Å². The zero-order chi connectivity index (χ0) is 19.3. The van der Waals surface area contributed by atoms with Crippen LogP contribution in [0.25, 0.3) is 0 Å². The van der Waals surface area contributed by atoms with Crippen molar-refractivity contribution in [2.45, 2.75) is 4.90 Å². The molecular formula is C20H18N2O4S. The Labute approximate surface area is 157 Å². The summed E-state index contributed by atoms with van der Waals surface area (Å²) >= 11 is 0. The maximum absolute atomic E-state index is 12.4. The van der Waals surface area contributed by atoms with E-state index in [1.807, 2.05) is 18.2 Å². The van der Waals surface area contributed by atoms with Crippen LogP contribution in [0.3, 0.4) is 0 Å². The minimum absolute atomic E-state index is 0.120. The number of hydrogen-bond donors (Lipinski definition) is 2. The fraction of sp³-hybridized carbons (Fsp3) is 0.0500. The third kappa shape index (κ3) is 4.65. The zero-order valence-corrected chi connectivity index (χ0v) is 15.4. The second kappa shape index (κ2) is 7.92. The number of rotatable bonds is 6. The van der Waals surface area contributed by atoms with Gasteiger partial charge in [0, 0.05) is 16.9 Å². The lowest BCUT2D eigenvalue weighted by atomic mass is 10.2. The second-order valence-corrected chi connectivity index (χ2v) is 7.36. The molecular weight excluding hydrogens is 364 g/mol. The van der Waals surface area contributed by atoms with Gasteiger partial charge >= 0.3 is 0 Å². The summed E-state index contributed by atoms with van der Waals surface area (Å²) in [5, 5.41) is 2.77. The van der Waals surface area contributed by atoms with Gasteiger partial charge in [0.25, 0.3) is 15.9 Å². The van der Waals surface area contributed by atoms with Gasteiger partial charge in [-0.15, -0.1) is 0 Å². The number of carbonyl (C=O) groups excluding carboxylic acids is 1. The normalized spacial score (nSPS) is 10.9. The van der Waals surface area contributed by atoms with Crippen LogP contribution in [-0.4, -0.2) is 21.4 Å². The van der Waals surface area contributed by atoms with E-state index in [9.17, 15) is 13.2 Å². The molecule has 0 spiro atoms. The van der Waals surface area contributed by atoms with E-state index >= 15 is 0 Å². The molecule has 2 N–H and O–H groups in total. The molecule has 0 saturated carbocycles. The average Bonchev–Trinajstić information content (AvgIpc) is 2.69. The minimum Gasteiger partial charge on any atom is -0.497 e. The molecule has 0 unspecified atom stereocenters. The molecule has 3 aromatic rings. The van der Waals surface area contributed by atoms with Gasteiger partial charge in [0.05, 0.1) is 12.0 Å². The molecule has 0 saturated heterocycles. The zero-order valence-electron chi connectivity index (χ0n) is 14.5. The summed E-state index contributed by atoms with van der Waals surface area (Å²) in [6.45, 7) is 0. The fourth-order valence-corrected chi connectivity index (χ4v) is 3.44. The summed E-state index contributed by atoms with van der Waals surface area (Å²) in [7, 11) is -2.21. The van der Waals surface area contributed by atoms with E-state index in [1.165, 1.54) is 19.2 Å². The number of nitrogens with one attached hydrogen (secondary N) is 2. The van der Waals surface area contributed by atoms with Crippen LogP contribution in [0.1, 0.15) is 10.4 Å². The van der Waals surface area contributed by atoms with Crippen molar-refractivity contribution in [2.75, 3.05) is 17.1 Å². The van der Waals surface area contributed by atoms with E-state index in [2.05, 4.69) is 10.0 Å². The summed E-state index contributed by atoms with van der Waals surface area (Å²) < 4.78 is 32.4. The predicted octanol–water partition coefficient (Wildman–Crippen LogP) is 3.75. The van der Waals surface area contributed by atoms with Crippen LogP contribution in [0.15, 0.2) is 83.8 Å². The van der Waals surface area contributed by atoms with Crippen molar-refractivity contribution < 1.29 is 17.9 Å². The van der Waals surface area contributed by atoms with Crippen molar-refractivity contribution in [3.63, 3.8) is 0 Å². The minimum atomic E-state index is -3.73. The highest BCUT2D eigenvalue weighted by molar-refractivity contribution is 7.92. The maximum Gasteiger partial charge on any atom is 0.261 e. The van der Waals surface area contributed by atoms with E-state index < -0.39 is 10.0 Å². The van der Waals surface area contributed by atoms with Gasteiger partial charge in [0.2, 0.25) is 0 Å². The summed E-state index contributed by atoms with van der Waals surface area (Å²) in [6.07, 6.45) is 0. The van der Waals surface area contributed by atoms with Crippen LogP contribution >= 0.6 is 0 Å². The Kier molecular flexibility index (Phi) is 5.42. The first-order chi connectivity index (χ1) is 13.0. The predicted molar refractivity (Wildman–Crippen MR) is 105 cm³/mol. The third-order valence-corrected chi connectivity index (χ3v) is 5.20. The summed E-state index contributed by atoms with van der Waals surface area (Å²) in [6, 6.07) is 21.4. The molecule has 138 valence electrons. The van der Waals surface area contributed by atoms with Crippen LogP contribution in [-0.2, 0) is 10.0 Å². The average molecular weight is 382 g/mol. The lowest BCUT2D eigenvalue weighted by Crippen LogP contribution is -2.14. The summed E-state index contributed by atoms with van der Waals surface area (Å²) in [5.74, 6) is 0.300. The molecule has 0 heterocycles. The van der Waals surface area contributed by atoms with Gasteiger partial charge in [-0.25, -0.2) is 8.42 Å². The SMILES string of the molecule is COc1ccc(S(=O)(=O)Nc2ccc(C(=O)Nc3ccccc3)cc2)cc1. The Bertz CT molecular complexity index is 1020. The molecule has 27 heavy (non-hydrogen) atoms. The molecule has 1 amide bonds. The molecule has 0 atom stereocenters. The molecule has 7 heteroatoms. The number of methoxy groups -OCH3 is 1. The highest BCUT2D eigenvalue weighted by Crippen LogP contribution is 2.20. The van der Waals surface area contributed by atoms with Gasteiger partial charge in [-0.1, -0.05) is 18.2 Å². The van der Waals surface area contributed by atoms with Crippen LogP contribution < -0.4 is 14.8 Å². The van der Waals surface area contributed by atoms with Crippen molar-refractivity contribution >= 4 is 27.3 Å². The molecule has 0 aliphatic rings. The first-order valence-electron chi connectivity index (χ1n) is 8.11. The number of hydrogen-bond acceptors (Lipinski definition) is 4. The summed E-state index contributed by atoms with van der Waals surface area (Å²) in [4.78, 5) is 12.4.